The van der Waals surface area contributed by atoms with Crippen LogP contribution in [0.15, 0.2) is 58.0 Å². The molecule has 0 bridgehead atoms. The van der Waals surface area contributed by atoms with E-state index >= 15 is 0 Å². The Hall–Kier alpha value is -2.84. The van der Waals surface area contributed by atoms with Crippen molar-refractivity contribution >= 4 is 35.0 Å². The van der Waals surface area contributed by atoms with Gasteiger partial charge in [-0.1, -0.05) is 11.6 Å². The monoisotopic (exact) mass is 404 g/mol. The Balaban J connectivity index is 1.68. The predicted molar refractivity (Wildman–Crippen MR) is 101 cm³/mol. The average molecular weight is 405 g/mol. The fourth-order valence-corrected chi connectivity index (χ4v) is 2.97. The normalized spacial score (nSPS) is 10.6. The van der Waals surface area contributed by atoms with Crippen LogP contribution in [-0.2, 0) is 11.3 Å². The summed E-state index contributed by atoms with van der Waals surface area (Å²) in [6, 6.07) is 11.2. The molecule has 1 heterocycles. The summed E-state index contributed by atoms with van der Waals surface area (Å²) in [6.07, 6.45) is 3.24. The molecule has 7 nitrogen and oxygen atoms in total. The number of carbonyl (C=O) groups excluding carboxylic acids is 1. The number of hydrogen-bond donors (Lipinski definition) is 0. The van der Waals surface area contributed by atoms with E-state index in [0.717, 1.165) is 5.56 Å². The van der Waals surface area contributed by atoms with Crippen molar-refractivity contribution in [3.63, 3.8) is 0 Å². The Kier molecular flexibility index (Phi) is 5.78. The maximum atomic E-state index is 12.2. The second-order valence-electron chi connectivity index (χ2n) is 5.35. The van der Waals surface area contributed by atoms with Gasteiger partial charge in [-0.25, -0.2) is 9.78 Å². The lowest BCUT2D eigenvalue weighted by Gasteiger charge is -2.04. The molecule has 9 heteroatoms. The van der Waals surface area contributed by atoms with Gasteiger partial charge in [0.25, 0.3) is 5.69 Å². The SMILES string of the molecule is CSc1ccc(C(=O)OCc2ncc(-c3ccc(Cl)cc3)o2)cc1[N+](=O)[O-]. The van der Waals surface area contributed by atoms with Crippen molar-refractivity contribution in [3.05, 3.63) is 75.3 Å². The number of halogens is 1. The first-order valence-corrected chi connectivity index (χ1v) is 9.28. The van der Waals surface area contributed by atoms with Crippen LogP contribution in [0.2, 0.25) is 5.02 Å². The zero-order chi connectivity index (χ0) is 19.4. The maximum Gasteiger partial charge on any atom is 0.338 e. The Labute approximate surface area is 163 Å². The summed E-state index contributed by atoms with van der Waals surface area (Å²) in [5.41, 5.74) is 0.731. The van der Waals surface area contributed by atoms with Gasteiger partial charge in [-0.05, 0) is 42.7 Å². The molecule has 3 rings (SSSR count). The molecule has 0 aliphatic heterocycles. The molecule has 27 heavy (non-hydrogen) atoms. The molecule has 0 aliphatic rings. The molecule has 0 spiro atoms. The second kappa shape index (κ2) is 8.24. The molecule has 2 aromatic carbocycles. The van der Waals surface area contributed by atoms with E-state index < -0.39 is 10.9 Å². The number of nitro benzene ring substituents is 1. The largest absolute Gasteiger partial charge is 0.452 e. The Morgan fingerprint density at radius 1 is 1.30 bits per heavy atom. The quantitative estimate of drug-likeness (QED) is 0.247. The molecule has 0 N–H and O–H groups in total. The van der Waals surface area contributed by atoms with Crippen molar-refractivity contribution in [1.29, 1.82) is 0 Å². The van der Waals surface area contributed by atoms with Gasteiger partial charge < -0.3 is 9.15 Å². The van der Waals surface area contributed by atoms with Crippen LogP contribution in [-0.4, -0.2) is 22.1 Å². The van der Waals surface area contributed by atoms with Crippen LogP contribution < -0.4 is 0 Å². The van der Waals surface area contributed by atoms with Gasteiger partial charge in [-0.2, -0.15) is 0 Å². The van der Waals surface area contributed by atoms with Crippen molar-refractivity contribution in [1.82, 2.24) is 4.98 Å². The zero-order valence-electron chi connectivity index (χ0n) is 14.0. The predicted octanol–water partition coefficient (Wildman–Crippen LogP) is 4.98. The van der Waals surface area contributed by atoms with E-state index in [1.807, 2.05) is 0 Å². The van der Waals surface area contributed by atoms with Crippen LogP contribution >= 0.6 is 23.4 Å². The van der Waals surface area contributed by atoms with Gasteiger partial charge >= 0.3 is 5.97 Å². The third-order valence-corrected chi connectivity index (χ3v) is 4.66. The summed E-state index contributed by atoms with van der Waals surface area (Å²) in [5.74, 6) is 0.0261. The number of thioether (sulfide) groups is 1. The number of oxazole rings is 1. The summed E-state index contributed by atoms with van der Waals surface area (Å²) < 4.78 is 10.7. The van der Waals surface area contributed by atoms with Crippen LogP contribution in [0.1, 0.15) is 16.2 Å². The van der Waals surface area contributed by atoms with E-state index in [2.05, 4.69) is 4.98 Å². The molecule has 3 aromatic rings. The van der Waals surface area contributed by atoms with E-state index in [1.54, 1.807) is 30.5 Å². The van der Waals surface area contributed by atoms with Crippen molar-refractivity contribution in [2.45, 2.75) is 11.5 Å². The number of aromatic nitrogens is 1. The van der Waals surface area contributed by atoms with Gasteiger partial charge in [0, 0.05) is 16.7 Å². The van der Waals surface area contributed by atoms with E-state index in [-0.39, 0.29) is 23.7 Å². The van der Waals surface area contributed by atoms with Crippen LogP contribution in [0, 0.1) is 10.1 Å². The summed E-state index contributed by atoms with van der Waals surface area (Å²) in [4.78, 5) is 27.3. The number of carbonyl (C=O) groups is 1. The standard InChI is InChI=1S/C18H13ClN2O5S/c1-27-16-7-4-12(8-14(16)21(23)24)18(22)25-10-17-20-9-15(26-17)11-2-5-13(19)6-3-11/h2-9H,10H2,1H3. The Morgan fingerprint density at radius 3 is 2.70 bits per heavy atom. The molecular weight excluding hydrogens is 392 g/mol. The molecule has 0 amide bonds. The van der Waals surface area contributed by atoms with Gasteiger partial charge in [0.15, 0.2) is 12.4 Å². The topological polar surface area (TPSA) is 95.5 Å². The molecule has 0 saturated heterocycles. The number of ether oxygens (including phenoxy) is 1. The minimum Gasteiger partial charge on any atom is -0.452 e. The molecule has 1 aromatic heterocycles. The molecular formula is C18H13ClN2O5S. The van der Waals surface area contributed by atoms with Crippen LogP contribution in [0.5, 0.6) is 0 Å². The van der Waals surface area contributed by atoms with Crippen LogP contribution in [0.25, 0.3) is 11.3 Å². The Bertz CT molecular complexity index is 988. The number of benzene rings is 2. The minimum atomic E-state index is -0.697. The van der Waals surface area contributed by atoms with Crippen LogP contribution in [0.3, 0.4) is 0 Å². The first-order valence-electron chi connectivity index (χ1n) is 7.68. The molecule has 0 fully saturated rings. The highest BCUT2D eigenvalue weighted by Gasteiger charge is 2.18. The number of nitrogens with zero attached hydrogens (tertiary/aromatic N) is 2. The summed E-state index contributed by atoms with van der Waals surface area (Å²) >= 11 is 7.08. The first kappa shape index (κ1) is 18.9. The molecule has 138 valence electrons. The lowest BCUT2D eigenvalue weighted by Crippen LogP contribution is -2.06. The summed E-state index contributed by atoms with van der Waals surface area (Å²) in [6.45, 7) is -0.190. The van der Waals surface area contributed by atoms with E-state index in [0.29, 0.717) is 15.7 Å². The number of rotatable bonds is 6. The number of hydrogen-bond acceptors (Lipinski definition) is 7. The molecule has 0 aliphatic carbocycles. The summed E-state index contributed by atoms with van der Waals surface area (Å²) in [5, 5.41) is 11.7. The third kappa shape index (κ3) is 4.47. The Morgan fingerprint density at radius 2 is 2.04 bits per heavy atom. The molecule has 0 unspecified atom stereocenters. The number of esters is 1. The fraction of sp³-hybridized carbons (Fsp3) is 0.111. The summed E-state index contributed by atoms with van der Waals surface area (Å²) in [7, 11) is 0. The fourth-order valence-electron chi connectivity index (χ4n) is 2.29. The zero-order valence-corrected chi connectivity index (χ0v) is 15.6. The highest BCUT2D eigenvalue weighted by molar-refractivity contribution is 7.98. The minimum absolute atomic E-state index is 0.0870. The second-order valence-corrected chi connectivity index (χ2v) is 6.63. The van der Waals surface area contributed by atoms with Crippen molar-refractivity contribution in [3.8, 4) is 11.3 Å². The lowest BCUT2D eigenvalue weighted by molar-refractivity contribution is -0.387. The lowest BCUT2D eigenvalue weighted by atomic mass is 10.2. The van der Waals surface area contributed by atoms with E-state index in [4.69, 9.17) is 20.8 Å². The number of nitro groups is 1. The van der Waals surface area contributed by atoms with Crippen molar-refractivity contribution < 1.29 is 18.9 Å². The van der Waals surface area contributed by atoms with Gasteiger partial charge in [0.1, 0.15) is 0 Å². The van der Waals surface area contributed by atoms with Crippen molar-refractivity contribution in [2.24, 2.45) is 0 Å². The van der Waals surface area contributed by atoms with E-state index in [1.165, 1.54) is 36.2 Å². The van der Waals surface area contributed by atoms with Gasteiger partial charge in [0.05, 0.1) is 21.6 Å². The van der Waals surface area contributed by atoms with Gasteiger partial charge in [-0.3, -0.25) is 10.1 Å². The van der Waals surface area contributed by atoms with Gasteiger partial charge in [0.2, 0.25) is 5.89 Å². The van der Waals surface area contributed by atoms with Crippen LogP contribution in [0.4, 0.5) is 5.69 Å². The maximum absolute atomic E-state index is 12.2. The highest BCUT2D eigenvalue weighted by Crippen LogP contribution is 2.28. The third-order valence-electron chi connectivity index (χ3n) is 3.62. The smallest absolute Gasteiger partial charge is 0.338 e. The van der Waals surface area contributed by atoms with Gasteiger partial charge in [-0.15, -0.1) is 11.8 Å². The highest BCUT2D eigenvalue weighted by atomic mass is 35.5. The molecule has 0 atom stereocenters. The van der Waals surface area contributed by atoms with Crippen molar-refractivity contribution in [2.75, 3.05) is 6.26 Å². The first-order chi connectivity index (χ1) is 13.0. The average Bonchev–Trinajstić information content (AvgIpc) is 3.15. The molecule has 0 radical (unpaired) electrons. The molecule has 0 saturated carbocycles. The van der Waals surface area contributed by atoms with E-state index in [9.17, 15) is 14.9 Å².